The predicted molar refractivity (Wildman–Crippen MR) is 69.3 cm³/mol. The fraction of sp³-hybridized carbons (Fsp3) is 0.273. The standard InChI is InChI=1S/C11H9F4N3O4S/c12-7-2-1-5(3-6(7)11(13,14)15)18-23(21,22)8-4-16-10(20)17-9(8)19/h1-3,8,18H,4H2,(H2,16,17,19,20). The maximum absolute atomic E-state index is 13.1. The van der Waals surface area contributed by atoms with Gasteiger partial charge in [-0.05, 0) is 18.2 Å². The van der Waals surface area contributed by atoms with Crippen LogP contribution in [0.25, 0.3) is 0 Å². The molecule has 1 unspecified atom stereocenters. The van der Waals surface area contributed by atoms with Crippen LogP contribution in [0.3, 0.4) is 0 Å². The molecule has 0 aromatic heterocycles. The summed E-state index contributed by atoms with van der Waals surface area (Å²) < 4.78 is 76.7. The van der Waals surface area contributed by atoms with Gasteiger partial charge in [0.1, 0.15) is 5.82 Å². The maximum Gasteiger partial charge on any atom is 0.419 e. The molecule has 1 aromatic carbocycles. The number of hydrogen-bond acceptors (Lipinski definition) is 4. The van der Waals surface area contributed by atoms with Gasteiger partial charge in [-0.25, -0.2) is 17.6 Å². The third-order valence-corrected chi connectivity index (χ3v) is 4.53. The Morgan fingerprint density at radius 1 is 1.22 bits per heavy atom. The minimum atomic E-state index is -5.01. The van der Waals surface area contributed by atoms with Crippen molar-refractivity contribution in [1.82, 2.24) is 10.6 Å². The summed E-state index contributed by atoms with van der Waals surface area (Å²) in [7, 11) is -4.45. The minimum absolute atomic E-state index is 0.270. The van der Waals surface area contributed by atoms with Crippen LogP contribution >= 0.6 is 0 Å². The molecule has 1 aromatic rings. The summed E-state index contributed by atoms with van der Waals surface area (Å²) in [6.45, 7) is -0.548. The molecule has 0 bridgehead atoms. The van der Waals surface area contributed by atoms with Crippen LogP contribution in [0.15, 0.2) is 18.2 Å². The van der Waals surface area contributed by atoms with Gasteiger partial charge in [-0.15, -0.1) is 0 Å². The molecule has 1 heterocycles. The maximum atomic E-state index is 13.1. The highest BCUT2D eigenvalue weighted by atomic mass is 32.2. The van der Waals surface area contributed by atoms with Crippen molar-refractivity contribution < 1.29 is 35.6 Å². The van der Waals surface area contributed by atoms with E-state index in [9.17, 15) is 35.6 Å². The molecule has 0 radical (unpaired) electrons. The number of benzene rings is 1. The van der Waals surface area contributed by atoms with Gasteiger partial charge in [0.15, 0.2) is 5.25 Å². The van der Waals surface area contributed by atoms with Crippen LogP contribution in [0.5, 0.6) is 0 Å². The number of carbonyl (C=O) groups excluding carboxylic acids is 2. The van der Waals surface area contributed by atoms with E-state index in [-0.39, 0.29) is 6.07 Å². The number of nitrogens with one attached hydrogen (secondary N) is 3. The van der Waals surface area contributed by atoms with Gasteiger partial charge < -0.3 is 5.32 Å². The van der Waals surface area contributed by atoms with Crippen LogP contribution < -0.4 is 15.4 Å². The van der Waals surface area contributed by atoms with E-state index in [1.165, 1.54) is 0 Å². The zero-order valence-corrected chi connectivity index (χ0v) is 11.9. The molecule has 1 atom stereocenters. The lowest BCUT2D eigenvalue weighted by atomic mass is 10.2. The number of alkyl halides is 3. The molecule has 1 aliphatic rings. The number of anilines is 1. The summed E-state index contributed by atoms with van der Waals surface area (Å²) >= 11 is 0. The number of rotatable bonds is 3. The molecular weight excluding hydrogens is 346 g/mol. The van der Waals surface area contributed by atoms with E-state index >= 15 is 0 Å². The van der Waals surface area contributed by atoms with Crippen LogP contribution in [0.2, 0.25) is 0 Å². The smallest absolute Gasteiger partial charge is 0.336 e. The van der Waals surface area contributed by atoms with Crippen LogP contribution in [0.1, 0.15) is 5.56 Å². The number of carbonyl (C=O) groups is 2. The quantitative estimate of drug-likeness (QED) is 0.698. The van der Waals surface area contributed by atoms with Crippen molar-refractivity contribution in [2.24, 2.45) is 0 Å². The molecule has 1 aliphatic heterocycles. The Morgan fingerprint density at radius 2 is 1.87 bits per heavy atom. The minimum Gasteiger partial charge on any atom is -0.336 e. The average Bonchev–Trinajstić information content (AvgIpc) is 2.39. The second kappa shape index (κ2) is 5.68. The molecule has 7 nitrogen and oxygen atoms in total. The van der Waals surface area contributed by atoms with Crippen molar-refractivity contribution in [2.75, 3.05) is 11.3 Å². The summed E-state index contributed by atoms with van der Waals surface area (Å²) in [6.07, 6.45) is -5.01. The summed E-state index contributed by atoms with van der Waals surface area (Å²) in [5, 5.41) is 2.05. The molecular formula is C11H9F4N3O4S. The van der Waals surface area contributed by atoms with Gasteiger partial charge in [0.2, 0.25) is 15.9 Å². The lowest BCUT2D eigenvalue weighted by Crippen LogP contribution is -2.58. The second-order valence-electron chi connectivity index (χ2n) is 4.53. The van der Waals surface area contributed by atoms with E-state index in [4.69, 9.17) is 0 Å². The Labute approximate surface area is 127 Å². The molecule has 0 aliphatic carbocycles. The van der Waals surface area contributed by atoms with E-state index < -0.39 is 57.0 Å². The predicted octanol–water partition coefficient (Wildman–Crippen LogP) is 0.794. The van der Waals surface area contributed by atoms with Crippen molar-refractivity contribution in [2.45, 2.75) is 11.4 Å². The van der Waals surface area contributed by atoms with Gasteiger partial charge in [-0.1, -0.05) is 0 Å². The zero-order valence-electron chi connectivity index (χ0n) is 11.1. The van der Waals surface area contributed by atoms with Gasteiger partial charge in [0.05, 0.1) is 5.56 Å². The lowest BCUT2D eigenvalue weighted by Gasteiger charge is -2.22. The second-order valence-corrected chi connectivity index (χ2v) is 6.39. The fourth-order valence-corrected chi connectivity index (χ4v) is 3.05. The van der Waals surface area contributed by atoms with Gasteiger partial charge in [-0.2, -0.15) is 13.2 Å². The topological polar surface area (TPSA) is 104 Å². The third-order valence-electron chi connectivity index (χ3n) is 2.88. The first-order valence-electron chi connectivity index (χ1n) is 5.98. The Bertz CT molecular complexity index is 763. The van der Waals surface area contributed by atoms with Crippen molar-refractivity contribution in [3.8, 4) is 0 Å². The molecule has 1 fully saturated rings. The van der Waals surface area contributed by atoms with Crippen LogP contribution in [-0.2, 0) is 21.0 Å². The molecule has 126 valence electrons. The first-order valence-corrected chi connectivity index (χ1v) is 7.52. The fourth-order valence-electron chi connectivity index (χ4n) is 1.81. The normalized spacial score (nSPS) is 19.0. The number of urea groups is 1. The zero-order chi connectivity index (χ0) is 17.4. The SMILES string of the molecule is O=C1NCC(S(=O)(=O)Nc2ccc(F)c(C(F)(F)F)c2)C(=O)N1. The number of sulfonamides is 1. The first-order chi connectivity index (χ1) is 10.5. The number of imide groups is 1. The largest absolute Gasteiger partial charge is 0.419 e. The summed E-state index contributed by atoms with van der Waals surface area (Å²) in [6, 6.07) is 0.611. The van der Waals surface area contributed by atoms with Gasteiger partial charge in [0, 0.05) is 12.2 Å². The van der Waals surface area contributed by atoms with Crippen molar-refractivity contribution in [3.63, 3.8) is 0 Å². The molecule has 1 saturated heterocycles. The number of hydrogen-bond donors (Lipinski definition) is 3. The van der Waals surface area contributed by atoms with Crippen LogP contribution in [0, 0.1) is 5.82 Å². The van der Waals surface area contributed by atoms with E-state index in [1.54, 1.807) is 10.0 Å². The lowest BCUT2D eigenvalue weighted by molar-refractivity contribution is -0.140. The summed E-state index contributed by atoms with van der Waals surface area (Å²) in [5.41, 5.74) is -2.22. The Hall–Kier alpha value is -2.37. The first kappa shape index (κ1) is 17.0. The van der Waals surface area contributed by atoms with Crippen LogP contribution in [-0.4, -0.2) is 32.2 Å². The van der Waals surface area contributed by atoms with E-state index in [0.717, 1.165) is 6.07 Å². The molecule has 3 amide bonds. The molecule has 0 spiro atoms. The summed E-state index contributed by atoms with van der Waals surface area (Å²) in [4.78, 5) is 22.4. The highest BCUT2D eigenvalue weighted by Crippen LogP contribution is 2.33. The third kappa shape index (κ3) is 3.70. The van der Waals surface area contributed by atoms with E-state index in [0.29, 0.717) is 6.07 Å². The average molecular weight is 355 g/mol. The highest BCUT2D eigenvalue weighted by molar-refractivity contribution is 7.94. The van der Waals surface area contributed by atoms with Gasteiger partial charge in [-0.3, -0.25) is 14.8 Å². The Kier molecular flexibility index (Phi) is 4.20. The number of amides is 3. The van der Waals surface area contributed by atoms with Crippen LogP contribution in [0.4, 0.5) is 28.0 Å². The molecule has 3 N–H and O–H groups in total. The number of halogens is 4. The molecule has 12 heteroatoms. The molecule has 2 rings (SSSR count). The van der Waals surface area contributed by atoms with Gasteiger partial charge in [0.25, 0.3) is 0 Å². The Morgan fingerprint density at radius 3 is 2.43 bits per heavy atom. The van der Waals surface area contributed by atoms with E-state index in [2.05, 4.69) is 5.32 Å². The molecule has 0 saturated carbocycles. The van der Waals surface area contributed by atoms with E-state index in [1.807, 2.05) is 0 Å². The van der Waals surface area contributed by atoms with Gasteiger partial charge >= 0.3 is 12.2 Å². The van der Waals surface area contributed by atoms with Crippen molar-refractivity contribution in [3.05, 3.63) is 29.6 Å². The van der Waals surface area contributed by atoms with Crippen molar-refractivity contribution in [1.29, 1.82) is 0 Å². The Balaban J connectivity index is 2.28. The van der Waals surface area contributed by atoms with Crippen molar-refractivity contribution >= 4 is 27.6 Å². The molecule has 23 heavy (non-hydrogen) atoms. The monoisotopic (exact) mass is 355 g/mol. The highest BCUT2D eigenvalue weighted by Gasteiger charge is 2.38. The summed E-state index contributed by atoms with van der Waals surface area (Å²) in [5.74, 6) is -2.69.